The Morgan fingerprint density at radius 2 is 2.33 bits per heavy atom. The number of aryl methyl sites for hydroxylation is 1. The second-order valence-electron chi connectivity index (χ2n) is 5.37. The van der Waals surface area contributed by atoms with E-state index in [0.717, 1.165) is 30.6 Å². The Bertz CT molecular complexity index is 638. The van der Waals surface area contributed by atoms with Gasteiger partial charge in [0.25, 0.3) is 5.91 Å². The van der Waals surface area contributed by atoms with Crippen LogP contribution >= 0.6 is 0 Å². The third-order valence-corrected chi connectivity index (χ3v) is 4.02. The van der Waals surface area contributed by atoms with Gasteiger partial charge < -0.3 is 10.6 Å². The number of nitrogens with zero attached hydrogens (tertiary/aromatic N) is 4. The first-order valence-electron chi connectivity index (χ1n) is 7.17. The Labute approximate surface area is 123 Å². The third kappa shape index (κ3) is 2.54. The summed E-state index contributed by atoms with van der Waals surface area (Å²) >= 11 is 0. The lowest BCUT2D eigenvalue weighted by atomic mass is 10.1. The maximum atomic E-state index is 12.6. The quantitative estimate of drug-likeness (QED) is 0.917. The summed E-state index contributed by atoms with van der Waals surface area (Å²) in [6.07, 6.45) is 5.17. The highest BCUT2D eigenvalue weighted by Crippen LogP contribution is 2.21. The van der Waals surface area contributed by atoms with Gasteiger partial charge in [-0.15, -0.1) is 0 Å². The minimum Gasteiger partial charge on any atom is -0.334 e. The molecule has 1 fully saturated rings. The van der Waals surface area contributed by atoms with Crippen LogP contribution in [0.3, 0.4) is 0 Å². The molecule has 6 nitrogen and oxygen atoms in total. The average molecular weight is 285 g/mol. The van der Waals surface area contributed by atoms with E-state index >= 15 is 0 Å². The molecule has 1 aliphatic heterocycles. The molecule has 1 aliphatic rings. The van der Waals surface area contributed by atoms with Crippen molar-refractivity contribution < 1.29 is 4.79 Å². The smallest absolute Gasteiger partial charge is 0.254 e. The minimum absolute atomic E-state index is 0.0659. The molecule has 110 valence electrons. The molecule has 0 aliphatic carbocycles. The summed E-state index contributed by atoms with van der Waals surface area (Å²) in [4.78, 5) is 18.4. The summed E-state index contributed by atoms with van der Waals surface area (Å²) in [6, 6.07) is 5.83. The SMILES string of the molecule is Cc1cc(C(=O)N2CCC[C@H]2CN)ccc1-n1cncn1. The van der Waals surface area contributed by atoms with Crippen LogP contribution in [0, 0.1) is 6.92 Å². The number of amides is 1. The average Bonchev–Trinajstić information content (AvgIpc) is 3.17. The summed E-state index contributed by atoms with van der Waals surface area (Å²) in [5, 5.41) is 4.12. The molecule has 1 amide bonds. The monoisotopic (exact) mass is 285 g/mol. The predicted molar refractivity (Wildman–Crippen MR) is 79.2 cm³/mol. The van der Waals surface area contributed by atoms with Crippen LogP contribution in [0.1, 0.15) is 28.8 Å². The number of rotatable bonds is 3. The topological polar surface area (TPSA) is 77.0 Å². The first-order valence-corrected chi connectivity index (χ1v) is 7.17. The van der Waals surface area contributed by atoms with Crippen molar-refractivity contribution in [1.29, 1.82) is 0 Å². The minimum atomic E-state index is 0.0659. The first kappa shape index (κ1) is 13.8. The number of hydrogen-bond donors (Lipinski definition) is 1. The van der Waals surface area contributed by atoms with Gasteiger partial charge in [-0.3, -0.25) is 4.79 Å². The summed E-state index contributed by atoms with van der Waals surface area (Å²) in [5.74, 6) is 0.0659. The van der Waals surface area contributed by atoms with E-state index in [4.69, 9.17) is 5.73 Å². The summed E-state index contributed by atoms with van der Waals surface area (Å²) in [6.45, 7) is 3.30. The normalized spacial score (nSPS) is 18.2. The molecule has 0 spiro atoms. The molecule has 1 aromatic carbocycles. The van der Waals surface area contributed by atoms with Crippen molar-refractivity contribution in [1.82, 2.24) is 19.7 Å². The largest absolute Gasteiger partial charge is 0.334 e. The Hall–Kier alpha value is -2.21. The van der Waals surface area contributed by atoms with Crippen LogP contribution in [0.15, 0.2) is 30.9 Å². The molecule has 2 aromatic rings. The molecule has 0 bridgehead atoms. The van der Waals surface area contributed by atoms with Crippen LogP contribution in [0.5, 0.6) is 0 Å². The second-order valence-corrected chi connectivity index (χ2v) is 5.37. The zero-order valence-electron chi connectivity index (χ0n) is 12.1. The number of nitrogens with two attached hydrogens (primary N) is 1. The molecule has 1 aromatic heterocycles. The summed E-state index contributed by atoms with van der Waals surface area (Å²) in [7, 11) is 0. The van der Waals surface area contributed by atoms with E-state index in [0.29, 0.717) is 12.1 Å². The van der Waals surface area contributed by atoms with E-state index in [9.17, 15) is 4.79 Å². The van der Waals surface area contributed by atoms with Gasteiger partial charge in [0, 0.05) is 24.7 Å². The third-order valence-electron chi connectivity index (χ3n) is 4.02. The molecule has 2 N–H and O–H groups in total. The molecule has 0 radical (unpaired) electrons. The van der Waals surface area contributed by atoms with Crippen LogP contribution in [0.2, 0.25) is 0 Å². The summed E-state index contributed by atoms with van der Waals surface area (Å²) < 4.78 is 1.70. The predicted octanol–water partition coefficient (Wildman–Crippen LogP) is 1.14. The molecule has 6 heteroatoms. The first-order chi connectivity index (χ1) is 10.2. The van der Waals surface area contributed by atoms with Crippen molar-refractivity contribution in [3.05, 3.63) is 42.0 Å². The number of carbonyl (C=O) groups is 1. The van der Waals surface area contributed by atoms with Crippen molar-refractivity contribution in [3.63, 3.8) is 0 Å². The second kappa shape index (κ2) is 5.65. The Balaban J connectivity index is 1.87. The van der Waals surface area contributed by atoms with Crippen molar-refractivity contribution in [2.75, 3.05) is 13.1 Å². The fraction of sp³-hybridized carbons (Fsp3) is 0.400. The van der Waals surface area contributed by atoms with Gasteiger partial charge in [-0.05, 0) is 43.5 Å². The van der Waals surface area contributed by atoms with Gasteiger partial charge >= 0.3 is 0 Å². The van der Waals surface area contributed by atoms with Gasteiger partial charge in [0.05, 0.1) is 5.69 Å². The van der Waals surface area contributed by atoms with Gasteiger partial charge in [-0.2, -0.15) is 5.10 Å². The lowest BCUT2D eigenvalue weighted by Crippen LogP contribution is -2.39. The van der Waals surface area contributed by atoms with Gasteiger partial charge in [0.1, 0.15) is 12.7 Å². The van der Waals surface area contributed by atoms with Gasteiger partial charge in [-0.25, -0.2) is 9.67 Å². The number of aromatic nitrogens is 3. The van der Waals surface area contributed by atoms with Crippen LogP contribution in [0.4, 0.5) is 0 Å². The van der Waals surface area contributed by atoms with E-state index in [1.54, 1.807) is 11.0 Å². The van der Waals surface area contributed by atoms with Gasteiger partial charge in [-0.1, -0.05) is 0 Å². The van der Waals surface area contributed by atoms with Crippen molar-refractivity contribution >= 4 is 5.91 Å². The fourth-order valence-electron chi connectivity index (χ4n) is 2.89. The van der Waals surface area contributed by atoms with Crippen molar-refractivity contribution in [3.8, 4) is 5.69 Å². The Morgan fingerprint density at radius 3 is 3.00 bits per heavy atom. The van der Waals surface area contributed by atoms with Crippen molar-refractivity contribution in [2.24, 2.45) is 5.73 Å². The number of hydrogen-bond acceptors (Lipinski definition) is 4. The maximum Gasteiger partial charge on any atom is 0.254 e. The zero-order valence-corrected chi connectivity index (χ0v) is 12.1. The number of likely N-dealkylation sites (tertiary alicyclic amines) is 1. The molecule has 0 saturated carbocycles. The van der Waals surface area contributed by atoms with Gasteiger partial charge in [0.15, 0.2) is 0 Å². The van der Waals surface area contributed by atoms with E-state index in [1.165, 1.54) is 6.33 Å². The number of benzene rings is 1. The van der Waals surface area contributed by atoms with Crippen LogP contribution < -0.4 is 5.73 Å². The van der Waals surface area contributed by atoms with Crippen molar-refractivity contribution in [2.45, 2.75) is 25.8 Å². The molecule has 0 unspecified atom stereocenters. The fourth-order valence-corrected chi connectivity index (χ4v) is 2.89. The molecular formula is C15H19N5O. The van der Waals surface area contributed by atoms with Gasteiger partial charge in [0.2, 0.25) is 0 Å². The van der Waals surface area contributed by atoms with Crippen LogP contribution in [0.25, 0.3) is 5.69 Å². The number of carbonyl (C=O) groups excluding carboxylic acids is 1. The standard InChI is InChI=1S/C15H19N5O/c1-11-7-12(4-5-14(11)20-10-17-9-18-20)15(21)19-6-2-3-13(19)8-16/h4-5,7,9-10,13H,2-3,6,8,16H2,1H3/t13-/m0/s1. The molecule has 21 heavy (non-hydrogen) atoms. The zero-order chi connectivity index (χ0) is 14.8. The molecular weight excluding hydrogens is 266 g/mol. The highest BCUT2D eigenvalue weighted by atomic mass is 16.2. The Kier molecular flexibility index (Phi) is 3.70. The molecule has 2 heterocycles. The van der Waals surface area contributed by atoms with E-state index in [-0.39, 0.29) is 11.9 Å². The highest BCUT2D eigenvalue weighted by molar-refractivity contribution is 5.95. The maximum absolute atomic E-state index is 12.6. The summed E-state index contributed by atoms with van der Waals surface area (Å²) in [5.41, 5.74) is 8.38. The van der Waals surface area contributed by atoms with E-state index in [1.807, 2.05) is 30.0 Å². The molecule has 3 rings (SSSR count). The molecule has 1 saturated heterocycles. The van der Waals surface area contributed by atoms with Crippen LogP contribution in [-0.4, -0.2) is 44.7 Å². The van der Waals surface area contributed by atoms with Crippen LogP contribution in [-0.2, 0) is 0 Å². The Morgan fingerprint density at radius 1 is 1.48 bits per heavy atom. The lowest BCUT2D eigenvalue weighted by Gasteiger charge is -2.23. The highest BCUT2D eigenvalue weighted by Gasteiger charge is 2.28. The molecule has 1 atom stereocenters. The van der Waals surface area contributed by atoms with E-state index in [2.05, 4.69) is 10.1 Å². The van der Waals surface area contributed by atoms with E-state index < -0.39 is 0 Å². The lowest BCUT2D eigenvalue weighted by molar-refractivity contribution is 0.0741.